The van der Waals surface area contributed by atoms with Crippen LogP contribution in [0.1, 0.15) is 59.4 Å². The Morgan fingerprint density at radius 1 is 1.00 bits per heavy atom. The molecule has 1 aliphatic heterocycles. The summed E-state index contributed by atoms with van der Waals surface area (Å²) in [5, 5.41) is 0. The van der Waals surface area contributed by atoms with Crippen LogP contribution in [0.4, 0.5) is 5.69 Å². The van der Waals surface area contributed by atoms with Crippen LogP contribution in [0, 0.1) is 11.8 Å². The number of nitrogens with zero attached hydrogens (tertiary/aromatic N) is 1. The Morgan fingerprint density at radius 3 is 2.05 bits per heavy atom. The number of anilines is 1. The highest BCUT2D eigenvalue weighted by Crippen LogP contribution is 2.41. The van der Waals surface area contributed by atoms with Crippen molar-refractivity contribution in [1.82, 2.24) is 0 Å². The van der Waals surface area contributed by atoms with Crippen LogP contribution in [0.25, 0.3) is 0 Å². The van der Waals surface area contributed by atoms with Gasteiger partial charge >= 0.3 is 0 Å². The lowest BCUT2D eigenvalue weighted by atomic mass is 9.92. The summed E-state index contributed by atoms with van der Waals surface area (Å²) in [6, 6.07) is 10.3. The predicted molar refractivity (Wildman–Crippen MR) is 84.9 cm³/mol. The molecule has 0 aromatic heterocycles. The van der Waals surface area contributed by atoms with E-state index in [0.29, 0.717) is 18.0 Å². The fraction of sp³-hybridized carbons (Fsp3) is 0.667. The summed E-state index contributed by atoms with van der Waals surface area (Å²) < 4.78 is 0. The summed E-state index contributed by atoms with van der Waals surface area (Å²) in [6.07, 6.45) is 1.21. The molecule has 1 aromatic rings. The zero-order valence-electron chi connectivity index (χ0n) is 13.4. The standard InChI is InChI=1S/C18H29N/c1-7-12(2)17-10-8-9-11-18(17)19-15(5)13(3)14(4)16(19)6/h8-16H,7H2,1-6H3/t12-,13-,14+,15-,16+/m1/s1. The molecule has 19 heavy (non-hydrogen) atoms. The van der Waals surface area contributed by atoms with Gasteiger partial charge in [0.05, 0.1) is 0 Å². The fourth-order valence-electron chi connectivity index (χ4n) is 3.55. The van der Waals surface area contributed by atoms with Crippen molar-refractivity contribution in [3.8, 4) is 0 Å². The molecule has 0 bridgehead atoms. The molecule has 1 nitrogen and oxygen atoms in total. The van der Waals surface area contributed by atoms with Gasteiger partial charge in [-0.1, -0.05) is 45.9 Å². The maximum absolute atomic E-state index is 2.66. The van der Waals surface area contributed by atoms with Crippen LogP contribution in [-0.2, 0) is 0 Å². The molecule has 1 heteroatoms. The summed E-state index contributed by atoms with van der Waals surface area (Å²) in [5.74, 6) is 2.17. The number of hydrogen-bond acceptors (Lipinski definition) is 1. The Bertz CT molecular complexity index is 411. The van der Waals surface area contributed by atoms with E-state index in [0.717, 1.165) is 11.8 Å². The molecule has 106 valence electrons. The molecule has 1 heterocycles. The number of para-hydroxylation sites is 1. The van der Waals surface area contributed by atoms with Crippen LogP contribution in [0.3, 0.4) is 0 Å². The van der Waals surface area contributed by atoms with Gasteiger partial charge in [0.1, 0.15) is 0 Å². The van der Waals surface area contributed by atoms with Gasteiger partial charge in [-0.3, -0.25) is 0 Å². The maximum Gasteiger partial charge on any atom is 0.0406 e. The van der Waals surface area contributed by atoms with E-state index in [2.05, 4.69) is 70.7 Å². The SMILES string of the molecule is CC[C@@H](C)c1ccccc1N1[C@H](C)[C@H](C)[C@H](C)[C@@H]1C. The maximum atomic E-state index is 2.66. The minimum absolute atomic E-state index is 0.634. The van der Waals surface area contributed by atoms with Gasteiger partial charge in [-0.25, -0.2) is 0 Å². The van der Waals surface area contributed by atoms with Gasteiger partial charge in [0.15, 0.2) is 0 Å². The summed E-state index contributed by atoms with van der Waals surface area (Å²) in [5.41, 5.74) is 2.98. The van der Waals surface area contributed by atoms with E-state index in [1.807, 2.05) is 0 Å². The van der Waals surface area contributed by atoms with Gasteiger partial charge in [0.25, 0.3) is 0 Å². The average Bonchev–Trinajstić information content (AvgIpc) is 2.62. The van der Waals surface area contributed by atoms with Crippen LogP contribution in [0.2, 0.25) is 0 Å². The highest BCUT2D eigenvalue weighted by atomic mass is 15.2. The summed E-state index contributed by atoms with van der Waals surface area (Å²) in [6.45, 7) is 14.2. The Balaban J connectivity index is 2.42. The Kier molecular flexibility index (Phi) is 4.23. The third-order valence-electron chi connectivity index (χ3n) is 5.59. The topological polar surface area (TPSA) is 3.24 Å². The number of rotatable bonds is 3. The first kappa shape index (κ1) is 14.4. The zero-order chi connectivity index (χ0) is 14.2. The van der Waals surface area contributed by atoms with Gasteiger partial charge in [0, 0.05) is 17.8 Å². The molecule has 0 spiro atoms. The lowest BCUT2D eigenvalue weighted by Gasteiger charge is -2.33. The second kappa shape index (κ2) is 5.56. The molecule has 1 aromatic carbocycles. The Labute approximate surface area is 119 Å². The van der Waals surface area contributed by atoms with Crippen LogP contribution in [0.15, 0.2) is 24.3 Å². The summed E-state index contributed by atoms with van der Waals surface area (Å²) in [7, 11) is 0. The van der Waals surface area contributed by atoms with E-state index in [4.69, 9.17) is 0 Å². The van der Waals surface area contributed by atoms with Gasteiger partial charge in [-0.2, -0.15) is 0 Å². The largest absolute Gasteiger partial charge is 0.365 e. The predicted octanol–water partition coefficient (Wildman–Crippen LogP) is 5.07. The van der Waals surface area contributed by atoms with Crippen molar-refractivity contribution in [3.63, 3.8) is 0 Å². The van der Waals surface area contributed by atoms with Gasteiger partial charge in [-0.05, 0) is 49.7 Å². The Morgan fingerprint density at radius 2 is 1.53 bits per heavy atom. The quantitative estimate of drug-likeness (QED) is 0.732. The van der Waals surface area contributed by atoms with Crippen LogP contribution in [0.5, 0.6) is 0 Å². The molecular formula is C18H29N. The summed E-state index contributed by atoms with van der Waals surface area (Å²) in [4.78, 5) is 2.66. The van der Waals surface area contributed by atoms with Crippen molar-refractivity contribution < 1.29 is 0 Å². The second-order valence-corrected chi connectivity index (χ2v) is 6.47. The molecule has 0 amide bonds. The van der Waals surface area contributed by atoms with Crippen molar-refractivity contribution in [2.75, 3.05) is 4.90 Å². The lowest BCUT2D eigenvalue weighted by Crippen LogP contribution is -2.35. The third kappa shape index (κ3) is 2.40. The molecule has 0 saturated carbocycles. The molecule has 5 atom stereocenters. The first-order valence-electron chi connectivity index (χ1n) is 7.86. The molecule has 1 fully saturated rings. The zero-order valence-corrected chi connectivity index (χ0v) is 13.4. The minimum atomic E-state index is 0.634. The van der Waals surface area contributed by atoms with Crippen molar-refractivity contribution in [1.29, 1.82) is 0 Å². The Hall–Kier alpha value is -0.980. The molecule has 1 aliphatic rings. The van der Waals surface area contributed by atoms with Crippen LogP contribution >= 0.6 is 0 Å². The molecule has 0 unspecified atom stereocenters. The van der Waals surface area contributed by atoms with Gasteiger partial charge in [-0.15, -0.1) is 0 Å². The number of benzene rings is 1. The van der Waals surface area contributed by atoms with Gasteiger partial charge in [0.2, 0.25) is 0 Å². The van der Waals surface area contributed by atoms with E-state index in [1.165, 1.54) is 17.7 Å². The van der Waals surface area contributed by atoms with Crippen molar-refractivity contribution >= 4 is 5.69 Å². The number of hydrogen-bond donors (Lipinski definition) is 0. The molecule has 2 rings (SSSR count). The minimum Gasteiger partial charge on any atom is -0.365 e. The molecule has 0 radical (unpaired) electrons. The van der Waals surface area contributed by atoms with Crippen LogP contribution < -0.4 is 4.90 Å². The molecular weight excluding hydrogens is 230 g/mol. The van der Waals surface area contributed by atoms with Gasteiger partial charge < -0.3 is 4.90 Å². The van der Waals surface area contributed by atoms with Crippen molar-refractivity contribution in [2.45, 2.75) is 66.0 Å². The van der Waals surface area contributed by atoms with E-state index >= 15 is 0 Å². The summed E-state index contributed by atoms with van der Waals surface area (Å²) >= 11 is 0. The van der Waals surface area contributed by atoms with E-state index in [9.17, 15) is 0 Å². The molecule has 1 saturated heterocycles. The highest BCUT2D eigenvalue weighted by Gasteiger charge is 2.40. The van der Waals surface area contributed by atoms with E-state index < -0.39 is 0 Å². The first-order chi connectivity index (χ1) is 8.99. The second-order valence-electron chi connectivity index (χ2n) is 6.47. The van der Waals surface area contributed by atoms with E-state index in [1.54, 1.807) is 0 Å². The fourth-order valence-corrected chi connectivity index (χ4v) is 3.55. The molecule has 0 N–H and O–H groups in total. The van der Waals surface area contributed by atoms with Crippen LogP contribution in [-0.4, -0.2) is 12.1 Å². The lowest BCUT2D eigenvalue weighted by molar-refractivity contribution is 0.413. The molecule has 0 aliphatic carbocycles. The smallest absolute Gasteiger partial charge is 0.0406 e. The van der Waals surface area contributed by atoms with E-state index in [-0.39, 0.29) is 0 Å². The van der Waals surface area contributed by atoms with Crippen molar-refractivity contribution in [3.05, 3.63) is 29.8 Å². The highest BCUT2D eigenvalue weighted by molar-refractivity contribution is 5.57. The normalized spacial score (nSPS) is 32.6. The average molecular weight is 259 g/mol. The first-order valence-corrected chi connectivity index (χ1v) is 7.86. The third-order valence-corrected chi connectivity index (χ3v) is 5.59. The van der Waals surface area contributed by atoms with Crippen molar-refractivity contribution in [2.24, 2.45) is 11.8 Å². The monoisotopic (exact) mass is 259 g/mol.